The molecule has 0 radical (unpaired) electrons. The van der Waals surface area contributed by atoms with Gasteiger partial charge >= 0.3 is 12.1 Å². The molecule has 1 aliphatic rings. The summed E-state index contributed by atoms with van der Waals surface area (Å²) in [5.74, 6) is -0.124. The molecule has 2 aromatic rings. The lowest BCUT2D eigenvalue weighted by molar-refractivity contribution is -0.139. The van der Waals surface area contributed by atoms with Crippen LogP contribution in [0.3, 0.4) is 0 Å². The molecule has 1 aromatic carbocycles. The summed E-state index contributed by atoms with van der Waals surface area (Å²) in [6.07, 6.45) is 3.58. The summed E-state index contributed by atoms with van der Waals surface area (Å²) >= 11 is 0. The number of aliphatic hydroxyl groups is 1. The number of alkyl carbamates (subject to hydrolysis) is 1. The lowest BCUT2D eigenvalue weighted by Crippen LogP contribution is -2.45. The molecule has 2 heterocycles. The van der Waals surface area contributed by atoms with Crippen molar-refractivity contribution in [3.63, 3.8) is 0 Å². The van der Waals surface area contributed by atoms with Crippen molar-refractivity contribution < 1.29 is 24.5 Å². The number of aliphatic hydroxyl groups excluding tert-OH is 1. The van der Waals surface area contributed by atoms with Crippen molar-refractivity contribution in [1.82, 2.24) is 20.1 Å². The van der Waals surface area contributed by atoms with E-state index >= 15 is 0 Å². The van der Waals surface area contributed by atoms with Gasteiger partial charge in [0, 0.05) is 25.3 Å². The van der Waals surface area contributed by atoms with E-state index in [1.54, 1.807) is 19.0 Å². The first kappa shape index (κ1) is 29.3. The molecule has 3 rings (SSSR count). The van der Waals surface area contributed by atoms with E-state index in [0.717, 1.165) is 55.7 Å². The lowest BCUT2D eigenvalue weighted by Gasteiger charge is -2.29. The highest BCUT2D eigenvalue weighted by molar-refractivity contribution is 5.79. The third kappa shape index (κ3) is 9.92. The van der Waals surface area contributed by atoms with Crippen molar-refractivity contribution in [2.24, 2.45) is 0 Å². The fraction of sp³-hybridized carbons (Fsp3) is 0.536. The minimum Gasteiger partial charge on any atom is -0.480 e. The molecule has 0 aliphatic carbocycles. The smallest absolute Gasteiger partial charge is 0.408 e. The average Bonchev–Trinajstić information content (AvgIpc) is 2.92. The number of pyridine rings is 1. The number of fused-ring (bicyclic) bond motifs is 1. The van der Waals surface area contributed by atoms with Crippen LogP contribution in [-0.4, -0.2) is 89.6 Å². The first-order valence-electron chi connectivity index (χ1n) is 13.3. The highest BCUT2D eigenvalue weighted by Gasteiger charge is 2.23. The molecule has 0 bridgehead atoms. The van der Waals surface area contributed by atoms with Gasteiger partial charge in [-0.2, -0.15) is 0 Å². The molecule has 0 saturated carbocycles. The van der Waals surface area contributed by atoms with E-state index < -0.39 is 24.3 Å². The van der Waals surface area contributed by atoms with Crippen molar-refractivity contribution in [2.75, 3.05) is 45.6 Å². The Morgan fingerprint density at radius 3 is 2.66 bits per heavy atom. The highest BCUT2D eigenvalue weighted by Crippen LogP contribution is 2.20. The number of benzene rings is 1. The third-order valence-corrected chi connectivity index (χ3v) is 6.66. The number of carbonyl (C=O) groups is 2. The van der Waals surface area contributed by atoms with Crippen LogP contribution >= 0.6 is 0 Å². The van der Waals surface area contributed by atoms with Crippen LogP contribution in [0.1, 0.15) is 42.5 Å². The van der Waals surface area contributed by atoms with Gasteiger partial charge < -0.3 is 25.6 Å². The van der Waals surface area contributed by atoms with Crippen molar-refractivity contribution in [2.45, 2.75) is 57.4 Å². The summed E-state index contributed by atoms with van der Waals surface area (Å²) in [6.45, 7) is 2.50. The van der Waals surface area contributed by atoms with Gasteiger partial charge in [0.1, 0.15) is 24.7 Å². The van der Waals surface area contributed by atoms with Crippen molar-refractivity contribution in [3.8, 4) is 0 Å². The van der Waals surface area contributed by atoms with Gasteiger partial charge in [0.2, 0.25) is 0 Å². The molecule has 208 valence electrons. The number of aromatic nitrogens is 1. The summed E-state index contributed by atoms with van der Waals surface area (Å²) in [7, 11) is 3.59. The Balaban J connectivity index is 1.47. The molecule has 10 nitrogen and oxygen atoms in total. The van der Waals surface area contributed by atoms with E-state index in [1.165, 1.54) is 5.56 Å². The number of rotatable bonds is 15. The monoisotopic (exact) mass is 527 g/mol. The number of nitrogens with one attached hydrogen (secondary N) is 2. The van der Waals surface area contributed by atoms with Gasteiger partial charge in [-0.15, -0.1) is 0 Å². The van der Waals surface area contributed by atoms with Crippen LogP contribution in [0, 0.1) is 0 Å². The maximum Gasteiger partial charge on any atom is 0.408 e. The van der Waals surface area contributed by atoms with E-state index in [2.05, 4.69) is 22.8 Å². The predicted molar refractivity (Wildman–Crippen MR) is 146 cm³/mol. The van der Waals surface area contributed by atoms with E-state index in [0.29, 0.717) is 19.6 Å². The van der Waals surface area contributed by atoms with Crippen LogP contribution in [0.2, 0.25) is 0 Å². The largest absolute Gasteiger partial charge is 0.480 e. The summed E-state index contributed by atoms with van der Waals surface area (Å²) in [5, 5.41) is 25.9. The van der Waals surface area contributed by atoms with E-state index in [9.17, 15) is 19.8 Å². The number of aryl methyl sites for hydroxylation is 2. The maximum absolute atomic E-state index is 12.2. The molecule has 4 N–H and O–H groups in total. The number of nitrogens with zero attached hydrogens (tertiary/aromatic N) is 3. The van der Waals surface area contributed by atoms with Gasteiger partial charge in [-0.05, 0) is 76.4 Å². The first-order chi connectivity index (χ1) is 18.3. The number of unbranched alkanes of at least 4 members (excludes halogenated alkanes) is 1. The number of carbonyl (C=O) groups excluding carboxylic acids is 1. The van der Waals surface area contributed by atoms with Crippen LogP contribution in [-0.2, 0) is 29.0 Å². The molecule has 0 fully saturated rings. The van der Waals surface area contributed by atoms with Crippen LogP contribution in [0.25, 0.3) is 0 Å². The number of carboxylic acid groups (broad SMARTS) is 1. The molecule has 1 aliphatic heterocycles. The highest BCUT2D eigenvalue weighted by atomic mass is 16.5. The topological polar surface area (TPSA) is 127 Å². The van der Waals surface area contributed by atoms with Crippen LogP contribution in [0.5, 0.6) is 0 Å². The number of hydrogen-bond donors (Lipinski definition) is 4. The molecule has 10 heteroatoms. The Morgan fingerprint density at radius 2 is 1.92 bits per heavy atom. The van der Waals surface area contributed by atoms with E-state index in [1.807, 2.05) is 35.2 Å². The number of hydrogen-bond acceptors (Lipinski definition) is 8. The second-order valence-electron chi connectivity index (χ2n) is 9.93. The zero-order valence-electron chi connectivity index (χ0n) is 22.4. The number of likely N-dealkylation sites (N-methyl/N-ethyl adjacent to an activating group) is 1. The third-order valence-electron chi connectivity index (χ3n) is 6.66. The number of aliphatic carboxylic acids is 1. The molecule has 2 atom stereocenters. The number of anilines is 1. The average molecular weight is 528 g/mol. The second-order valence-corrected chi connectivity index (χ2v) is 9.93. The maximum atomic E-state index is 12.2. The van der Waals surface area contributed by atoms with E-state index in [-0.39, 0.29) is 13.0 Å². The van der Waals surface area contributed by atoms with Crippen LogP contribution in [0.15, 0.2) is 42.5 Å². The van der Waals surface area contributed by atoms with Crippen molar-refractivity contribution in [1.29, 1.82) is 0 Å². The molecular formula is C28H41N5O5. The minimum atomic E-state index is -1.12. The Kier molecular flexibility index (Phi) is 11.8. The van der Waals surface area contributed by atoms with Gasteiger partial charge in [-0.1, -0.05) is 36.4 Å². The summed E-state index contributed by atoms with van der Waals surface area (Å²) in [4.78, 5) is 32.5. The zero-order chi connectivity index (χ0) is 27.3. The number of amides is 1. The molecule has 0 unspecified atom stereocenters. The summed E-state index contributed by atoms with van der Waals surface area (Å²) in [5.41, 5.74) is 3.15. The lowest BCUT2D eigenvalue weighted by atomic mass is 10.1. The molecular weight excluding hydrogens is 486 g/mol. The Hall–Kier alpha value is -3.21. The summed E-state index contributed by atoms with van der Waals surface area (Å²) in [6, 6.07) is 12.4. The fourth-order valence-electron chi connectivity index (χ4n) is 4.31. The SMILES string of the molecule is CN(C)[C@@H](O)CN(CCCCc1ccc2c(n1)NCCC2)CC[C@H](NC(=O)OCc1ccccc1)C(=O)O. The summed E-state index contributed by atoms with van der Waals surface area (Å²) < 4.78 is 5.18. The van der Waals surface area contributed by atoms with Crippen LogP contribution in [0.4, 0.5) is 10.6 Å². The first-order valence-corrected chi connectivity index (χ1v) is 13.3. The molecule has 1 aromatic heterocycles. The number of ether oxygens (including phenoxy) is 1. The van der Waals surface area contributed by atoms with Gasteiger partial charge in [-0.25, -0.2) is 14.6 Å². The van der Waals surface area contributed by atoms with Crippen LogP contribution < -0.4 is 10.6 Å². The van der Waals surface area contributed by atoms with Crippen molar-refractivity contribution in [3.05, 3.63) is 59.3 Å². The molecule has 0 spiro atoms. The number of carboxylic acids is 1. The van der Waals surface area contributed by atoms with Gasteiger partial charge in [0.15, 0.2) is 0 Å². The molecule has 38 heavy (non-hydrogen) atoms. The molecule has 0 saturated heterocycles. The van der Waals surface area contributed by atoms with Gasteiger partial charge in [0.25, 0.3) is 0 Å². The van der Waals surface area contributed by atoms with E-state index in [4.69, 9.17) is 9.72 Å². The fourth-order valence-corrected chi connectivity index (χ4v) is 4.31. The Bertz CT molecular complexity index is 1020. The quantitative estimate of drug-likeness (QED) is 0.204. The molecule has 1 amide bonds. The second kappa shape index (κ2) is 15.3. The normalized spacial score (nSPS) is 14.4. The Labute approximate surface area is 225 Å². The van der Waals surface area contributed by atoms with Gasteiger partial charge in [0.05, 0.1) is 0 Å². The standard InChI is InChI=1S/C28H41N5O5/c1-32(2)25(34)19-33(17-7-6-12-23-14-13-22-11-8-16-29-26(22)30-23)18-15-24(27(35)36)31-28(37)38-20-21-9-4-3-5-10-21/h3-5,9-10,13-14,24-25,34H,6-8,11-12,15-20H2,1-2H3,(H,29,30)(H,31,37)(H,35,36)/t24-,25-/m0/s1. The van der Waals surface area contributed by atoms with Gasteiger partial charge in [-0.3, -0.25) is 9.80 Å². The van der Waals surface area contributed by atoms with Crippen molar-refractivity contribution >= 4 is 17.9 Å². The zero-order valence-corrected chi connectivity index (χ0v) is 22.4. The Morgan fingerprint density at radius 1 is 1.13 bits per heavy atom. The minimum absolute atomic E-state index is 0.0648. The predicted octanol–water partition coefficient (Wildman–Crippen LogP) is 2.71.